The van der Waals surface area contributed by atoms with Gasteiger partial charge >= 0.3 is 0 Å². The van der Waals surface area contributed by atoms with E-state index in [9.17, 15) is 5.11 Å². The Labute approximate surface area is 123 Å². The maximum absolute atomic E-state index is 9.89. The number of nitrogens with zero attached hydrogens (tertiary/aromatic N) is 1. The largest absolute Gasteiger partial charge is 0.392 e. The molecule has 0 bridgehead atoms. The summed E-state index contributed by atoms with van der Waals surface area (Å²) in [5.41, 5.74) is 7.40. The van der Waals surface area contributed by atoms with Gasteiger partial charge in [0.1, 0.15) is 0 Å². The van der Waals surface area contributed by atoms with Crippen molar-refractivity contribution in [2.75, 3.05) is 19.6 Å². The van der Waals surface area contributed by atoms with Crippen LogP contribution in [0.5, 0.6) is 0 Å². The lowest BCUT2D eigenvalue weighted by molar-refractivity contribution is 0.0282. The molecule has 1 saturated heterocycles. The van der Waals surface area contributed by atoms with E-state index in [1.165, 1.54) is 5.56 Å². The lowest BCUT2D eigenvalue weighted by atomic mass is 9.95. The van der Waals surface area contributed by atoms with E-state index in [-0.39, 0.29) is 12.1 Å². The van der Waals surface area contributed by atoms with Crippen molar-refractivity contribution < 1.29 is 5.11 Å². The molecule has 106 valence electrons. The Morgan fingerprint density at radius 1 is 1.53 bits per heavy atom. The Bertz CT molecular complexity index is 413. The van der Waals surface area contributed by atoms with E-state index in [2.05, 4.69) is 39.9 Å². The molecule has 0 aliphatic carbocycles. The molecular formula is C15H23BrN2O. The van der Waals surface area contributed by atoms with Crippen molar-refractivity contribution in [2.45, 2.75) is 31.9 Å². The van der Waals surface area contributed by atoms with Gasteiger partial charge in [-0.2, -0.15) is 0 Å². The second-order valence-corrected chi connectivity index (χ2v) is 6.50. The molecule has 1 aliphatic rings. The molecule has 0 amide bonds. The predicted molar refractivity (Wildman–Crippen MR) is 81.9 cm³/mol. The molecular weight excluding hydrogens is 304 g/mol. The van der Waals surface area contributed by atoms with Crippen LogP contribution in [-0.2, 0) is 0 Å². The van der Waals surface area contributed by atoms with E-state index >= 15 is 0 Å². The highest BCUT2D eigenvalue weighted by Crippen LogP contribution is 2.21. The quantitative estimate of drug-likeness (QED) is 0.893. The Morgan fingerprint density at radius 3 is 3.00 bits per heavy atom. The van der Waals surface area contributed by atoms with Crippen LogP contribution in [-0.4, -0.2) is 35.7 Å². The van der Waals surface area contributed by atoms with E-state index in [4.69, 9.17) is 5.73 Å². The molecule has 3 atom stereocenters. The monoisotopic (exact) mass is 326 g/mol. The van der Waals surface area contributed by atoms with Gasteiger partial charge in [-0.05, 0) is 43.0 Å². The minimum absolute atomic E-state index is 0.0639. The number of β-amino-alcohol motifs (C(OH)–C–C–N with tert-alkyl or cyclic N) is 1. The van der Waals surface area contributed by atoms with Crippen molar-refractivity contribution in [1.82, 2.24) is 4.90 Å². The molecule has 3 unspecified atom stereocenters. The molecule has 3 N–H and O–H groups in total. The van der Waals surface area contributed by atoms with Crippen LogP contribution in [0.25, 0.3) is 0 Å². The number of likely N-dealkylation sites (tertiary alicyclic amines) is 1. The van der Waals surface area contributed by atoms with Gasteiger partial charge in [0.2, 0.25) is 0 Å². The Morgan fingerprint density at radius 2 is 2.32 bits per heavy atom. The molecule has 2 rings (SSSR count). The van der Waals surface area contributed by atoms with Gasteiger partial charge in [-0.3, -0.25) is 0 Å². The van der Waals surface area contributed by atoms with Gasteiger partial charge in [0, 0.05) is 23.6 Å². The zero-order chi connectivity index (χ0) is 13.8. The first-order valence-corrected chi connectivity index (χ1v) is 7.77. The summed E-state index contributed by atoms with van der Waals surface area (Å²) in [7, 11) is 0. The Balaban J connectivity index is 1.82. The molecule has 0 saturated carbocycles. The fourth-order valence-corrected chi connectivity index (χ4v) is 2.96. The smallest absolute Gasteiger partial charge is 0.0693 e. The third-order valence-electron chi connectivity index (χ3n) is 4.04. The zero-order valence-corrected chi connectivity index (χ0v) is 13.0. The Kier molecular flexibility index (Phi) is 5.39. The number of piperidine rings is 1. The van der Waals surface area contributed by atoms with Gasteiger partial charge in [-0.25, -0.2) is 0 Å². The highest BCUT2D eigenvalue weighted by atomic mass is 79.9. The number of hydrogen-bond acceptors (Lipinski definition) is 3. The molecule has 4 heteroatoms. The lowest BCUT2D eigenvalue weighted by Crippen LogP contribution is -2.43. The number of nitrogens with two attached hydrogens (primary N) is 1. The summed E-state index contributed by atoms with van der Waals surface area (Å²) in [5, 5.41) is 9.89. The maximum atomic E-state index is 9.89. The summed E-state index contributed by atoms with van der Waals surface area (Å²) < 4.78 is 1.07. The summed E-state index contributed by atoms with van der Waals surface area (Å²) in [6.07, 6.45) is 1.82. The maximum Gasteiger partial charge on any atom is 0.0693 e. The van der Waals surface area contributed by atoms with Gasteiger partial charge in [0.15, 0.2) is 0 Å². The van der Waals surface area contributed by atoms with Crippen LogP contribution in [0.1, 0.15) is 31.4 Å². The first kappa shape index (κ1) is 15.0. The first-order chi connectivity index (χ1) is 9.06. The van der Waals surface area contributed by atoms with E-state index in [0.29, 0.717) is 5.92 Å². The van der Waals surface area contributed by atoms with Gasteiger partial charge in [0.05, 0.1) is 6.10 Å². The molecule has 0 aromatic heterocycles. The van der Waals surface area contributed by atoms with Crippen LogP contribution in [0.3, 0.4) is 0 Å². The second-order valence-electron chi connectivity index (χ2n) is 5.58. The zero-order valence-electron chi connectivity index (χ0n) is 11.4. The molecule has 19 heavy (non-hydrogen) atoms. The summed E-state index contributed by atoms with van der Waals surface area (Å²) in [5.74, 6) is 0.426. The van der Waals surface area contributed by atoms with E-state index in [1.54, 1.807) is 0 Å². The standard InChI is InChI=1S/C15H23BrN2O/c1-11-5-7-18(10-15(11)19)8-6-14(17)12-3-2-4-13(16)9-12/h2-4,9,11,14-15,19H,5-8,10,17H2,1H3. The number of rotatable bonds is 4. The third-order valence-corrected chi connectivity index (χ3v) is 4.53. The minimum atomic E-state index is -0.184. The minimum Gasteiger partial charge on any atom is -0.392 e. The molecule has 0 radical (unpaired) electrons. The highest BCUT2D eigenvalue weighted by Gasteiger charge is 2.24. The van der Waals surface area contributed by atoms with Crippen molar-refractivity contribution in [1.29, 1.82) is 0 Å². The van der Waals surface area contributed by atoms with Crippen LogP contribution in [0.4, 0.5) is 0 Å². The number of hydrogen-bond donors (Lipinski definition) is 2. The predicted octanol–water partition coefficient (Wildman–Crippen LogP) is 2.54. The van der Waals surface area contributed by atoms with Crippen LogP contribution in [0.2, 0.25) is 0 Å². The Hall–Kier alpha value is -0.420. The summed E-state index contributed by atoms with van der Waals surface area (Å²) in [6, 6.07) is 8.25. The molecule has 1 aromatic rings. The van der Waals surface area contributed by atoms with Crippen molar-refractivity contribution >= 4 is 15.9 Å². The number of aliphatic hydroxyl groups is 1. The van der Waals surface area contributed by atoms with Crippen molar-refractivity contribution in [3.05, 3.63) is 34.3 Å². The van der Waals surface area contributed by atoms with E-state index in [1.807, 2.05) is 12.1 Å². The molecule has 3 nitrogen and oxygen atoms in total. The third kappa shape index (κ3) is 4.28. The second kappa shape index (κ2) is 6.84. The highest BCUT2D eigenvalue weighted by molar-refractivity contribution is 9.10. The van der Waals surface area contributed by atoms with E-state index < -0.39 is 0 Å². The first-order valence-electron chi connectivity index (χ1n) is 6.97. The van der Waals surface area contributed by atoms with Crippen LogP contribution in [0, 0.1) is 5.92 Å². The van der Waals surface area contributed by atoms with Crippen molar-refractivity contribution in [3.8, 4) is 0 Å². The average molecular weight is 327 g/mol. The number of benzene rings is 1. The summed E-state index contributed by atoms with van der Waals surface area (Å²) in [6.45, 7) is 4.93. The molecule has 1 heterocycles. The average Bonchev–Trinajstić information content (AvgIpc) is 2.40. The SMILES string of the molecule is CC1CCN(CCC(N)c2cccc(Br)c2)CC1O. The molecule has 1 fully saturated rings. The van der Waals surface area contributed by atoms with Crippen molar-refractivity contribution in [2.24, 2.45) is 11.7 Å². The van der Waals surface area contributed by atoms with Gasteiger partial charge in [-0.1, -0.05) is 35.0 Å². The fraction of sp³-hybridized carbons (Fsp3) is 0.600. The van der Waals surface area contributed by atoms with Gasteiger partial charge in [0.25, 0.3) is 0 Å². The fourth-order valence-electron chi connectivity index (χ4n) is 2.54. The lowest BCUT2D eigenvalue weighted by Gasteiger charge is -2.34. The van der Waals surface area contributed by atoms with Crippen molar-refractivity contribution in [3.63, 3.8) is 0 Å². The molecule has 0 spiro atoms. The van der Waals surface area contributed by atoms with E-state index in [0.717, 1.165) is 36.9 Å². The number of halogens is 1. The van der Waals surface area contributed by atoms with Crippen LogP contribution < -0.4 is 5.73 Å². The topological polar surface area (TPSA) is 49.5 Å². The molecule has 1 aliphatic heterocycles. The van der Waals surface area contributed by atoms with Gasteiger partial charge < -0.3 is 15.7 Å². The normalized spacial score (nSPS) is 26.3. The summed E-state index contributed by atoms with van der Waals surface area (Å²) in [4.78, 5) is 2.32. The summed E-state index contributed by atoms with van der Waals surface area (Å²) >= 11 is 3.47. The van der Waals surface area contributed by atoms with Crippen LogP contribution in [0.15, 0.2) is 28.7 Å². The molecule has 1 aromatic carbocycles. The number of aliphatic hydroxyl groups excluding tert-OH is 1. The van der Waals surface area contributed by atoms with Gasteiger partial charge in [-0.15, -0.1) is 0 Å². The van der Waals surface area contributed by atoms with Crippen LogP contribution >= 0.6 is 15.9 Å².